The summed E-state index contributed by atoms with van der Waals surface area (Å²) in [5.41, 5.74) is 0.769. The van der Waals surface area contributed by atoms with E-state index < -0.39 is 24.5 Å². The normalized spacial score (nSPS) is 11.2. The van der Waals surface area contributed by atoms with Gasteiger partial charge in [0.1, 0.15) is 6.04 Å². The van der Waals surface area contributed by atoms with Gasteiger partial charge in [0.25, 0.3) is 11.8 Å². The Kier molecular flexibility index (Phi) is 8.35. The van der Waals surface area contributed by atoms with Crippen LogP contribution in [-0.4, -0.2) is 42.9 Å². The Morgan fingerprint density at radius 2 is 1.83 bits per heavy atom. The van der Waals surface area contributed by atoms with E-state index >= 15 is 0 Å². The summed E-state index contributed by atoms with van der Waals surface area (Å²) in [5.74, 6) is -1.78. The zero-order valence-electron chi connectivity index (χ0n) is 16.2. The summed E-state index contributed by atoms with van der Waals surface area (Å²) in [6.07, 6.45) is 0.792. The summed E-state index contributed by atoms with van der Waals surface area (Å²) in [5, 5.41) is 9.66. The smallest absolute Gasteiger partial charge is 0.338 e. The highest BCUT2D eigenvalue weighted by Gasteiger charge is 2.16. The number of carbonyl (C=O) groups excluding carboxylic acids is 4. The standard InChI is InChI=1S/C20H23N3O5S/c1-3-10-21-18(25)13(2)22-17(24)12-28-20(27)14-6-8-15(9-7-14)23-19(26)16-5-4-11-29-16/h4-9,11,13H,3,10,12H2,1-2H3,(H,21,25)(H,22,24)(H,23,26)/t13-/m0/s1. The molecular formula is C20H23N3O5S. The van der Waals surface area contributed by atoms with E-state index in [1.807, 2.05) is 12.3 Å². The van der Waals surface area contributed by atoms with Gasteiger partial charge in [-0.25, -0.2) is 4.79 Å². The highest BCUT2D eigenvalue weighted by Crippen LogP contribution is 2.14. The van der Waals surface area contributed by atoms with Crippen molar-refractivity contribution in [3.63, 3.8) is 0 Å². The molecule has 1 aromatic carbocycles. The number of carbonyl (C=O) groups is 4. The molecule has 8 nitrogen and oxygen atoms in total. The van der Waals surface area contributed by atoms with Crippen LogP contribution in [0.15, 0.2) is 41.8 Å². The summed E-state index contributed by atoms with van der Waals surface area (Å²) >= 11 is 1.33. The lowest BCUT2D eigenvalue weighted by Gasteiger charge is -2.13. The molecule has 1 heterocycles. The predicted octanol–water partition coefficient (Wildman–Crippen LogP) is 2.19. The molecule has 0 fully saturated rings. The molecule has 2 aromatic rings. The minimum Gasteiger partial charge on any atom is -0.452 e. The summed E-state index contributed by atoms with van der Waals surface area (Å²) in [6.45, 7) is 3.50. The van der Waals surface area contributed by atoms with Crippen LogP contribution in [0.2, 0.25) is 0 Å². The number of nitrogens with one attached hydrogen (secondary N) is 3. The van der Waals surface area contributed by atoms with Crippen molar-refractivity contribution in [2.75, 3.05) is 18.5 Å². The summed E-state index contributed by atoms with van der Waals surface area (Å²) in [6, 6.07) is 8.90. The zero-order chi connectivity index (χ0) is 21.2. The molecule has 0 unspecified atom stereocenters. The third-order valence-electron chi connectivity index (χ3n) is 3.78. The van der Waals surface area contributed by atoms with Gasteiger partial charge in [0.15, 0.2) is 6.61 Å². The van der Waals surface area contributed by atoms with Crippen LogP contribution in [0.5, 0.6) is 0 Å². The van der Waals surface area contributed by atoms with Gasteiger partial charge in [0.2, 0.25) is 5.91 Å². The fourth-order valence-electron chi connectivity index (χ4n) is 2.25. The molecule has 3 N–H and O–H groups in total. The largest absolute Gasteiger partial charge is 0.452 e. The van der Waals surface area contributed by atoms with Crippen LogP contribution in [-0.2, 0) is 14.3 Å². The molecule has 1 aromatic heterocycles. The van der Waals surface area contributed by atoms with Gasteiger partial charge in [-0.15, -0.1) is 11.3 Å². The highest BCUT2D eigenvalue weighted by molar-refractivity contribution is 7.12. The maximum atomic E-state index is 12.1. The number of thiophene rings is 1. The second kappa shape index (κ2) is 11.0. The first-order chi connectivity index (χ1) is 13.9. The van der Waals surface area contributed by atoms with Gasteiger partial charge in [-0.2, -0.15) is 0 Å². The second-order valence-electron chi connectivity index (χ2n) is 6.17. The van der Waals surface area contributed by atoms with E-state index in [2.05, 4.69) is 16.0 Å². The maximum absolute atomic E-state index is 12.1. The van der Waals surface area contributed by atoms with Gasteiger partial charge in [-0.05, 0) is 49.1 Å². The van der Waals surface area contributed by atoms with Crippen molar-refractivity contribution < 1.29 is 23.9 Å². The van der Waals surface area contributed by atoms with E-state index in [1.165, 1.54) is 23.5 Å². The molecule has 0 spiro atoms. The SMILES string of the molecule is CCCNC(=O)[C@H](C)NC(=O)COC(=O)c1ccc(NC(=O)c2cccs2)cc1. The first kappa shape index (κ1) is 22.1. The average molecular weight is 417 g/mol. The van der Waals surface area contributed by atoms with Crippen LogP contribution in [0.3, 0.4) is 0 Å². The van der Waals surface area contributed by atoms with Crippen molar-refractivity contribution in [2.24, 2.45) is 0 Å². The summed E-state index contributed by atoms with van der Waals surface area (Å²) in [4.78, 5) is 48.2. The minimum absolute atomic E-state index is 0.232. The number of anilines is 1. The van der Waals surface area contributed by atoms with Crippen molar-refractivity contribution >= 4 is 40.7 Å². The number of hydrogen-bond acceptors (Lipinski definition) is 6. The van der Waals surface area contributed by atoms with Crippen LogP contribution < -0.4 is 16.0 Å². The van der Waals surface area contributed by atoms with Crippen LogP contribution in [0.1, 0.15) is 40.3 Å². The molecule has 29 heavy (non-hydrogen) atoms. The molecule has 0 saturated heterocycles. The Labute approximate surface area is 172 Å². The van der Waals surface area contributed by atoms with Crippen molar-refractivity contribution in [1.29, 1.82) is 0 Å². The number of hydrogen-bond donors (Lipinski definition) is 3. The average Bonchev–Trinajstić information content (AvgIpc) is 3.25. The van der Waals surface area contributed by atoms with Crippen molar-refractivity contribution in [3.05, 3.63) is 52.2 Å². The number of ether oxygens (including phenoxy) is 1. The van der Waals surface area contributed by atoms with Crippen LogP contribution in [0.4, 0.5) is 5.69 Å². The molecular weight excluding hydrogens is 394 g/mol. The molecule has 0 aliphatic carbocycles. The molecule has 0 saturated carbocycles. The van der Waals surface area contributed by atoms with Gasteiger partial charge in [0, 0.05) is 12.2 Å². The Morgan fingerprint density at radius 1 is 1.10 bits per heavy atom. The third kappa shape index (κ3) is 7.04. The Hall–Kier alpha value is -3.20. The molecule has 2 rings (SSSR count). The van der Waals surface area contributed by atoms with Gasteiger partial charge in [-0.1, -0.05) is 13.0 Å². The van der Waals surface area contributed by atoms with Crippen molar-refractivity contribution in [2.45, 2.75) is 26.3 Å². The molecule has 0 aliphatic heterocycles. The fourth-order valence-corrected chi connectivity index (χ4v) is 2.87. The topological polar surface area (TPSA) is 114 Å². The Bertz CT molecular complexity index is 850. The number of benzene rings is 1. The molecule has 3 amide bonds. The van der Waals surface area contributed by atoms with Gasteiger partial charge >= 0.3 is 5.97 Å². The Morgan fingerprint density at radius 3 is 2.45 bits per heavy atom. The zero-order valence-corrected chi connectivity index (χ0v) is 17.0. The summed E-state index contributed by atoms with van der Waals surface area (Å²) < 4.78 is 4.96. The molecule has 0 bridgehead atoms. The molecule has 9 heteroatoms. The van der Waals surface area contributed by atoms with E-state index in [-0.39, 0.29) is 17.4 Å². The van der Waals surface area contributed by atoms with Crippen molar-refractivity contribution in [1.82, 2.24) is 10.6 Å². The lowest BCUT2D eigenvalue weighted by Crippen LogP contribution is -2.46. The maximum Gasteiger partial charge on any atom is 0.338 e. The first-order valence-corrected chi connectivity index (χ1v) is 9.97. The number of esters is 1. The molecule has 1 atom stereocenters. The van der Waals surface area contributed by atoms with E-state index in [0.717, 1.165) is 6.42 Å². The van der Waals surface area contributed by atoms with Crippen molar-refractivity contribution in [3.8, 4) is 0 Å². The molecule has 0 radical (unpaired) electrons. The number of rotatable bonds is 9. The van der Waals surface area contributed by atoms with E-state index in [0.29, 0.717) is 17.1 Å². The predicted molar refractivity (Wildman–Crippen MR) is 110 cm³/mol. The molecule has 154 valence electrons. The minimum atomic E-state index is -0.723. The lowest BCUT2D eigenvalue weighted by atomic mass is 10.2. The monoisotopic (exact) mass is 417 g/mol. The van der Waals surface area contributed by atoms with Gasteiger partial charge in [-0.3, -0.25) is 14.4 Å². The third-order valence-corrected chi connectivity index (χ3v) is 4.65. The molecule has 0 aliphatic rings. The lowest BCUT2D eigenvalue weighted by molar-refractivity contribution is -0.130. The number of amides is 3. The van der Waals surface area contributed by atoms with E-state index in [9.17, 15) is 19.2 Å². The van der Waals surface area contributed by atoms with Crippen LogP contribution in [0.25, 0.3) is 0 Å². The first-order valence-electron chi connectivity index (χ1n) is 9.09. The quantitative estimate of drug-likeness (QED) is 0.541. The van der Waals surface area contributed by atoms with E-state index in [4.69, 9.17) is 4.74 Å². The second-order valence-corrected chi connectivity index (χ2v) is 7.11. The van der Waals surface area contributed by atoms with Crippen LogP contribution >= 0.6 is 11.3 Å². The van der Waals surface area contributed by atoms with E-state index in [1.54, 1.807) is 31.2 Å². The Balaban J connectivity index is 1.79. The van der Waals surface area contributed by atoms with Crippen LogP contribution in [0, 0.1) is 0 Å². The van der Waals surface area contributed by atoms with Gasteiger partial charge < -0.3 is 20.7 Å². The highest BCUT2D eigenvalue weighted by atomic mass is 32.1. The summed E-state index contributed by atoms with van der Waals surface area (Å²) in [7, 11) is 0. The van der Waals surface area contributed by atoms with Gasteiger partial charge in [0.05, 0.1) is 10.4 Å². The fraction of sp³-hybridized carbons (Fsp3) is 0.300.